The first kappa shape index (κ1) is 21.0. The van der Waals surface area contributed by atoms with Gasteiger partial charge in [0.05, 0.1) is 22.1 Å². The Hall–Kier alpha value is -3.85. The highest BCUT2D eigenvalue weighted by Crippen LogP contribution is 2.34. The number of para-hydroxylation sites is 1. The van der Waals surface area contributed by atoms with Crippen molar-refractivity contribution in [2.45, 2.75) is 26.3 Å². The number of anilines is 2. The zero-order valence-electron chi connectivity index (χ0n) is 18.5. The first-order chi connectivity index (χ1) is 15.9. The van der Waals surface area contributed by atoms with Gasteiger partial charge in [0.1, 0.15) is 18.3 Å². The van der Waals surface area contributed by atoms with Crippen molar-refractivity contribution >= 4 is 49.3 Å². The monoisotopic (exact) mass is 458 g/mol. The van der Waals surface area contributed by atoms with Gasteiger partial charge in [-0.25, -0.2) is 9.97 Å². The smallest absolute Gasteiger partial charge is 0.264 e. The molecule has 0 bridgehead atoms. The van der Waals surface area contributed by atoms with Gasteiger partial charge in [0.15, 0.2) is 10.8 Å². The molecule has 2 aromatic carbocycles. The zero-order chi connectivity index (χ0) is 23.1. The highest BCUT2D eigenvalue weighted by Gasteiger charge is 2.23. The standard InChI is InChI=1S/C24H22N6O2S/c1-15(2)16-8-10-17(11-9-16)30(24-27-19-6-4-5-7-20(19)33-24)21(31)13-29-14-25-22-18(23(29)32)12-26-28(22)3/h4-12,14-15H,13H2,1-3H3. The SMILES string of the molecule is CC(C)c1ccc(N(C(=O)Cn2cnc3c(cnn3C)c2=O)c2nc3ccccc3s2)cc1. The molecular weight excluding hydrogens is 436 g/mol. The molecule has 0 aliphatic carbocycles. The quantitative estimate of drug-likeness (QED) is 0.393. The number of aryl methyl sites for hydroxylation is 1. The van der Waals surface area contributed by atoms with Crippen LogP contribution in [0.15, 0.2) is 65.8 Å². The lowest BCUT2D eigenvalue weighted by molar-refractivity contribution is -0.118. The first-order valence-electron chi connectivity index (χ1n) is 10.6. The van der Waals surface area contributed by atoms with Gasteiger partial charge in [-0.1, -0.05) is 49.4 Å². The minimum absolute atomic E-state index is 0.168. The number of carbonyl (C=O) groups excluding carboxylic acids is 1. The largest absolute Gasteiger partial charge is 0.289 e. The van der Waals surface area contributed by atoms with E-state index in [0.29, 0.717) is 27.8 Å². The van der Waals surface area contributed by atoms with Crippen LogP contribution in [-0.4, -0.2) is 30.2 Å². The molecule has 3 heterocycles. The van der Waals surface area contributed by atoms with E-state index in [1.165, 1.54) is 38.7 Å². The number of hydrogen-bond donors (Lipinski definition) is 0. The number of benzene rings is 2. The molecule has 5 rings (SSSR count). The van der Waals surface area contributed by atoms with Crippen LogP contribution in [-0.2, 0) is 18.4 Å². The van der Waals surface area contributed by atoms with E-state index in [4.69, 9.17) is 4.98 Å². The number of fused-ring (bicyclic) bond motifs is 2. The van der Waals surface area contributed by atoms with Crippen LogP contribution in [0.2, 0.25) is 0 Å². The number of aromatic nitrogens is 5. The van der Waals surface area contributed by atoms with E-state index in [0.717, 1.165) is 10.2 Å². The van der Waals surface area contributed by atoms with Crippen LogP contribution in [0, 0.1) is 0 Å². The van der Waals surface area contributed by atoms with Gasteiger partial charge >= 0.3 is 0 Å². The van der Waals surface area contributed by atoms with Gasteiger partial charge in [-0.2, -0.15) is 5.10 Å². The lowest BCUT2D eigenvalue weighted by atomic mass is 10.0. The topological polar surface area (TPSA) is 85.9 Å². The predicted octanol–water partition coefficient (Wildman–Crippen LogP) is 4.23. The van der Waals surface area contributed by atoms with Crippen molar-refractivity contribution in [2.75, 3.05) is 4.90 Å². The average molecular weight is 459 g/mol. The second-order valence-corrected chi connectivity index (χ2v) is 9.13. The third-order valence-electron chi connectivity index (χ3n) is 5.56. The lowest BCUT2D eigenvalue weighted by Gasteiger charge is -2.21. The van der Waals surface area contributed by atoms with Crippen molar-refractivity contribution in [3.8, 4) is 0 Å². The number of amides is 1. The van der Waals surface area contributed by atoms with Crippen LogP contribution in [0.25, 0.3) is 21.3 Å². The normalized spacial score (nSPS) is 11.5. The number of hydrogen-bond acceptors (Lipinski definition) is 6. The van der Waals surface area contributed by atoms with E-state index < -0.39 is 0 Å². The van der Waals surface area contributed by atoms with Crippen LogP contribution >= 0.6 is 11.3 Å². The van der Waals surface area contributed by atoms with Crippen molar-refractivity contribution < 1.29 is 4.79 Å². The summed E-state index contributed by atoms with van der Waals surface area (Å²) < 4.78 is 3.83. The van der Waals surface area contributed by atoms with E-state index >= 15 is 0 Å². The van der Waals surface area contributed by atoms with Crippen LogP contribution < -0.4 is 10.5 Å². The van der Waals surface area contributed by atoms with E-state index in [1.807, 2.05) is 48.5 Å². The molecule has 166 valence electrons. The van der Waals surface area contributed by atoms with Crippen LogP contribution in [0.5, 0.6) is 0 Å². The third kappa shape index (κ3) is 3.80. The van der Waals surface area contributed by atoms with Gasteiger partial charge in [-0.15, -0.1) is 0 Å². The van der Waals surface area contributed by atoms with Crippen molar-refractivity contribution in [1.82, 2.24) is 24.3 Å². The summed E-state index contributed by atoms with van der Waals surface area (Å²) in [4.78, 5) is 37.1. The van der Waals surface area contributed by atoms with Gasteiger partial charge in [-0.05, 0) is 35.7 Å². The molecule has 5 aromatic rings. The van der Waals surface area contributed by atoms with Crippen molar-refractivity contribution in [1.29, 1.82) is 0 Å². The second kappa shape index (κ2) is 8.25. The lowest BCUT2D eigenvalue weighted by Crippen LogP contribution is -2.33. The molecule has 3 aromatic heterocycles. The maximum absolute atomic E-state index is 13.6. The number of rotatable bonds is 5. The van der Waals surface area contributed by atoms with E-state index in [-0.39, 0.29) is 18.0 Å². The van der Waals surface area contributed by atoms with Crippen molar-refractivity contribution in [3.63, 3.8) is 0 Å². The summed E-state index contributed by atoms with van der Waals surface area (Å²) in [6, 6.07) is 15.6. The van der Waals surface area contributed by atoms with Gasteiger partial charge in [0.25, 0.3) is 11.5 Å². The molecule has 0 unspecified atom stereocenters. The van der Waals surface area contributed by atoms with E-state index in [2.05, 4.69) is 23.9 Å². The van der Waals surface area contributed by atoms with E-state index in [1.54, 1.807) is 11.9 Å². The molecule has 0 fully saturated rings. The van der Waals surface area contributed by atoms with Gasteiger partial charge in [-0.3, -0.25) is 23.7 Å². The minimum Gasteiger partial charge on any atom is -0.289 e. The molecule has 0 saturated carbocycles. The maximum atomic E-state index is 13.6. The Labute approximate surface area is 193 Å². The number of carbonyl (C=O) groups is 1. The maximum Gasteiger partial charge on any atom is 0.264 e. The summed E-state index contributed by atoms with van der Waals surface area (Å²) in [5.74, 6) is 0.0972. The molecule has 8 nitrogen and oxygen atoms in total. The molecule has 0 aliphatic rings. The molecule has 9 heteroatoms. The van der Waals surface area contributed by atoms with Crippen molar-refractivity contribution in [3.05, 3.63) is 77.0 Å². The fraction of sp³-hybridized carbons (Fsp3) is 0.208. The second-order valence-electron chi connectivity index (χ2n) is 8.12. The summed E-state index contributed by atoms with van der Waals surface area (Å²) in [5.41, 5.74) is 2.88. The first-order valence-corrected chi connectivity index (χ1v) is 11.4. The summed E-state index contributed by atoms with van der Waals surface area (Å²) in [5, 5.41) is 5.02. The fourth-order valence-electron chi connectivity index (χ4n) is 3.72. The molecule has 0 atom stereocenters. The average Bonchev–Trinajstić information content (AvgIpc) is 3.40. The van der Waals surface area contributed by atoms with Crippen LogP contribution in [0.1, 0.15) is 25.3 Å². The Bertz CT molecular complexity index is 1500. The summed E-state index contributed by atoms with van der Waals surface area (Å²) >= 11 is 1.44. The van der Waals surface area contributed by atoms with E-state index in [9.17, 15) is 9.59 Å². The third-order valence-corrected chi connectivity index (χ3v) is 6.59. The summed E-state index contributed by atoms with van der Waals surface area (Å²) in [7, 11) is 1.72. The van der Waals surface area contributed by atoms with Crippen LogP contribution in [0.4, 0.5) is 10.8 Å². The number of thiazole rings is 1. The Balaban J connectivity index is 1.56. The molecular formula is C24H22N6O2S. The Morgan fingerprint density at radius 2 is 1.88 bits per heavy atom. The minimum atomic E-state index is -0.305. The summed E-state index contributed by atoms with van der Waals surface area (Å²) in [6.45, 7) is 4.08. The molecule has 0 spiro atoms. The van der Waals surface area contributed by atoms with Crippen LogP contribution in [0.3, 0.4) is 0 Å². The van der Waals surface area contributed by atoms with Crippen molar-refractivity contribution in [2.24, 2.45) is 7.05 Å². The predicted molar refractivity (Wildman–Crippen MR) is 130 cm³/mol. The fourth-order valence-corrected chi connectivity index (χ4v) is 4.72. The Morgan fingerprint density at radius 1 is 1.12 bits per heavy atom. The highest BCUT2D eigenvalue weighted by atomic mass is 32.1. The van der Waals surface area contributed by atoms with Gasteiger partial charge < -0.3 is 0 Å². The summed E-state index contributed by atoms with van der Waals surface area (Å²) in [6.07, 6.45) is 2.87. The van der Waals surface area contributed by atoms with Gasteiger partial charge in [0.2, 0.25) is 0 Å². The zero-order valence-corrected chi connectivity index (χ0v) is 19.3. The molecule has 0 radical (unpaired) electrons. The molecule has 0 N–H and O–H groups in total. The molecule has 1 amide bonds. The van der Waals surface area contributed by atoms with Gasteiger partial charge in [0, 0.05) is 7.05 Å². The molecule has 0 aliphatic heterocycles. The molecule has 33 heavy (non-hydrogen) atoms. The Kier molecular flexibility index (Phi) is 5.26. The molecule has 0 saturated heterocycles. The number of nitrogens with zero attached hydrogens (tertiary/aromatic N) is 6. The highest BCUT2D eigenvalue weighted by molar-refractivity contribution is 7.22. The Morgan fingerprint density at radius 3 is 2.61 bits per heavy atom.